The molecule has 1 heterocycles. The summed E-state index contributed by atoms with van der Waals surface area (Å²) in [7, 11) is 0. The normalized spacial score (nSPS) is 10.9. The number of rotatable bonds is 3. The molecule has 0 radical (unpaired) electrons. The molecule has 0 amide bonds. The largest absolute Gasteiger partial charge is 0.477 e. The number of aromatic nitrogens is 1. The average Bonchev–Trinajstić information content (AvgIpc) is 2.74. The van der Waals surface area contributed by atoms with Crippen LogP contribution in [0.5, 0.6) is 0 Å². The molecule has 0 aliphatic rings. The zero-order valence-electron chi connectivity index (χ0n) is 10.2. The van der Waals surface area contributed by atoms with E-state index in [1.807, 2.05) is 13.8 Å². The van der Waals surface area contributed by atoms with Gasteiger partial charge in [-0.3, -0.25) is 0 Å². The van der Waals surface area contributed by atoms with E-state index in [-0.39, 0.29) is 17.6 Å². The summed E-state index contributed by atoms with van der Waals surface area (Å²) >= 11 is 0. The Labute approximate surface area is 104 Å². The molecule has 1 N–H and O–H groups in total. The van der Waals surface area contributed by atoms with Crippen LogP contribution in [0.2, 0.25) is 0 Å². The van der Waals surface area contributed by atoms with Crippen LogP contribution in [0.15, 0.2) is 36.4 Å². The Balaban J connectivity index is 2.66. The van der Waals surface area contributed by atoms with Crippen molar-refractivity contribution in [3.63, 3.8) is 0 Å². The van der Waals surface area contributed by atoms with Crippen LogP contribution in [0.1, 0.15) is 30.4 Å². The third kappa shape index (κ3) is 2.01. The standard InChI is InChI=1S/C14H14FNO2/c1-9(2)16-12(7-8-13(16)14(17)18)10-5-3-4-6-11(10)15/h3-9H,1-2H3,(H,17,18). The summed E-state index contributed by atoms with van der Waals surface area (Å²) in [5.74, 6) is -1.36. The fourth-order valence-electron chi connectivity index (χ4n) is 2.07. The highest BCUT2D eigenvalue weighted by Crippen LogP contribution is 2.28. The zero-order chi connectivity index (χ0) is 13.3. The summed E-state index contributed by atoms with van der Waals surface area (Å²) in [6.45, 7) is 3.74. The molecule has 0 atom stereocenters. The van der Waals surface area contributed by atoms with Crippen LogP contribution in [-0.4, -0.2) is 15.6 Å². The smallest absolute Gasteiger partial charge is 0.352 e. The molecular formula is C14H14FNO2. The molecule has 3 nitrogen and oxygen atoms in total. The van der Waals surface area contributed by atoms with Gasteiger partial charge >= 0.3 is 5.97 Å². The maximum Gasteiger partial charge on any atom is 0.352 e. The number of aromatic carboxylic acids is 1. The van der Waals surface area contributed by atoms with Crippen LogP contribution in [0.4, 0.5) is 4.39 Å². The van der Waals surface area contributed by atoms with Crippen molar-refractivity contribution in [3.05, 3.63) is 47.9 Å². The van der Waals surface area contributed by atoms with Gasteiger partial charge in [0.2, 0.25) is 0 Å². The molecule has 0 aliphatic heterocycles. The maximum atomic E-state index is 13.8. The molecule has 94 valence electrons. The van der Waals surface area contributed by atoms with E-state index >= 15 is 0 Å². The van der Waals surface area contributed by atoms with Crippen LogP contribution in [0, 0.1) is 5.82 Å². The highest BCUT2D eigenvalue weighted by molar-refractivity contribution is 5.87. The molecule has 18 heavy (non-hydrogen) atoms. The molecule has 1 aromatic carbocycles. The highest BCUT2D eigenvalue weighted by atomic mass is 19.1. The van der Waals surface area contributed by atoms with Gasteiger partial charge in [0.05, 0.1) is 5.69 Å². The van der Waals surface area contributed by atoms with E-state index in [1.165, 1.54) is 12.1 Å². The minimum absolute atomic E-state index is 0.0549. The number of hydrogen-bond donors (Lipinski definition) is 1. The van der Waals surface area contributed by atoms with E-state index in [1.54, 1.807) is 28.8 Å². The fraction of sp³-hybridized carbons (Fsp3) is 0.214. The SMILES string of the molecule is CC(C)n1c(C(=O)O)ccc1-c1ccccc1F. The Hall–Kier alpha value is -2.10. The van der Waals surface area contributed by atoms with Gasteiger partial charge in [-0.2, -0.15) is 0 Å². The van der Waals surface area contributed by atoms with Crippen molar-refractivity contribution in [2.45, 2.75) is 19.9 Å². The number of carbonyl (C=O) groups is 1. The third-order valence-electron chi connectivity index (χ3n) is 2.80. The highest BCUT2D eigenvalue weighted by Gasteiger charge is 2.18. The second-order valence-corrected chi connectivity index (χ2v) is 4.35. The molecule has 0 unspecified atom stereocenters. The number of benzene rings is 1. The van der Waals surface area contributed by atoms with Gasteiger partial charge in [-0.1, -0.05) is 12.1 Å². The molecule has 0 aliphatic carbocycles. The Morgan fingerprint density at radius 3 is 2.44 bits per heavy atom. The van der Waals surface area contributed by atoms with Crippen molar-refractivity contribution in [2.75, 3.05) is 0 Å². The Kier molecular flexibility index (Phi) is 3.19. The molecule has 1 aromatic heterocycles. The lowest BCUT2D eigenvalue weighted by molar-refractivity contribution is 0.0683. The molecule has 0 spiro atoms. The first-order chi connectivity index (χ1) is 8.52. The molecular weight excluding hydrogens is 233 g/mol. The van der Waals surface area contributed by atoms with Crippen LogP contribution in [0.25, 0.3) is 11.3 Å². The fourth-order valence-corrected chi connectivity index (χ4v) is 2.07. The molecule has 2 rings (SSSR count). The number of carboxylic acids is 1. The second-order valence-electron chi connectivity index (χ2n) is 4.35. The van der Waals surface area contributed by atoms with Crippen LogP contribution < -0.4 is 0 Å². The first-order valence-electron chi connectivity index (χ1n) is 5.71. The molecule has 4 heteroatoms. The summed E-state index contributed by atoms with van der Waals surface area (Å²) < 4.78 is 15.4. The van der Waals surface area contributed by atoms with E-state index in [4.69, 9.17) is 5.11 Å². The van der Waals surface area contributed by atoms with Gasteiger partial charge in [0.25, 0.3) is 0 Å². The lowest BCUT2D eigenvalue weighted by atomic mass is 10.1. The zero-order valence-corrected chi connectivity index (χ0v) is 10.2. The van der Waals surface area contributed by atoms with E-state index in [0.29, 0.717) is 11.3 Å². The third-order valence-corrected chi connectivity index (χ3v) is 2.80. The summed E-state index contributed by atoms with van der Waals surface area (Å²) in [6, 6.07) is 9.45. The van der Waals surface area contributed by atoms with Gasteiger partial charge in [-0.25, -0.2) is 9.18 Å². The van der Waals surface area contributed by atoms with Crippen LogP contribution >= 0.6 is 0 Å². The molecule has 0 saturated carbocycles. The molecule has 0 fully saturated rings. The van der Waals surface area contributed by atoms with Crippen molar-refractivity contribution in [1.29, 1.82) is 0 Å². The van der Waals surface area contributed by atoms with Gasteiger partial charge in [0.1, 0.15) is 11.5 Å². The predicted octanol–water partition coefficient (Wildman–Crippen LogP) is 3.57. The first-order valence-corrected chi connectivity index (χ1v) is 5.71. The molecule has 0 bridgehead atoms. The van der Waals surface area contributed by atoms with E-state index in [9.17, 15) is 9.18 Å². The number of hydrogen-bond acceptors (Lipinski definition) is 1. The van der Waals surface area contributed by atoms with Gasteiger partial charge in [0.15, 0.2) is 0 Å². The Morgan fingerprint density at radius 1 is 1.22 bits per heavy atom. The maximum absolute atomic E-state index is 13.8. The molecule has 0 saturated heterocycles. The topological polar surface area (TPSA) is 42.2 Å². The lowest BCUT2D eigenvalue weighted by Gasteiger charge is -2.15. The number of nitrogens with zero attached hydrogens (tertiary/aromatic N) is 1. The lowest BCUT2D eigenvalue weighted by Crippen LogP contribution is -2.11. The summed E-state index contributed by atoms with van der Waals surface area (Å²) in [5, 5.41) is 9.13. The summed E-state index contributed by atoms with van der Waals surface area (Å²) in [5.41, 5.74) is 1.17. The van der Waals surface area contributed by atoms with Crippen molar-refractivity contribution >= 4 is 5.97 Å². The summed E-state index contributed by atoms with van der Waals surface area (Å²) in [6.07, 6.45) is 0. The van der Waals surface area contributed by atoms with Gasteiger partial charge < -0.3 is 9.67 Å². The van der Waals surface area contributed by atoms with Crippen molar-refractivity contribution < 1.29 is 14.3 Å². The van der Waals surface area contributed by atoms with Crippen molar-refractivity contribution in [1.82, 2.24) is 4.57 Å². The summed E-state index contributed by atoms with van der Waals surface area (Å²) in [4.78, 5) is 11.1. The molecule has 2 aromatic rings. The number of carboxylic acid groups (broad SMARTS) is 1. The van der Waals surface area contributed by atoms with Gasteiger partial charge in [-0.15, -0.1) is 0 Å². The van der Waals surface area contributed by atoms with Crippen LogP contribution in [0.3, 0.4) is 0 Å². The number of halogens is 1. The van der Waals surface area contributed by atoms with Gasteiger partial charge in [-0.05, 0) is 38.1 Å². The van der Waals surface area contributed by atoms with E-state index in [2.05, 4.69) is 0 Å². The quantitative estimate of drug-likeness (QED) is 0.900. The van der Waals surface area contributed by atoms with Crippen molar-refractivity contribution in [3.8, 4) is 11.3 Å². The van der Waals surface area contributed by atoms with Gasteiger partial charge in [0, 0.05) is 11.6 Å². The van der Waals surface area contributed by atoms with E-state index < -0.39 is 5.97 Å². The predicted molar refractivity (Wildman–Crippen MR) is 67.2 cm³/mol. The Bertz CT molecular complexity index is 587. The van der Waals surface area contributed by atoms with Crippen LogP contribution in [-0.2, 0) is 0 Å². The monoisotopic (exact) mass is 247 g/mol. The van der Waals surface area contributed by atoms with Crippen molar-refractivity contribution in [2.24, 2.45) is 0 Å². The first kappa shape index (κ1) is 12.4. The Morgan fingerprint density at radius 2 is 1.89 bits per heavy atom. The average molecular weight is 247 g/mol. The van der Waals surface area contributed by atoms with E-state index in [0.717, 1.165) is 0 Å². The second kappa shape index (κ2) is 4.64. The minimum atomic E-state index is -1.01. The minimum Gasteiger partial charge on any atom is -0.477 e.